The summed E-state index contributed by atoms with van der Waals surface area (Å²) in [4.78, 5) is 0. The third-order valence-electron chi connectivity index (χ3n) is 4.79. The van der Waals surface area contributed by atoms with Gasteiger partial charge in [0.05, 0.1) is 0 Å². The number of hydrogen-bond acceptors (Lipinski definition) is 2. The largest absolute Gasteiger partial charge is 0.508 e. The van der Waals surface area contributed by atoms with Crippen LogP contribution in [0.4, 0.5) is 0 Å². The van der Waals surface area contributed by atoms with Crippen LogP contribution in [-0.2, 0) is 6.42 Å². The van der Waals surface area contributed by atoms with Crippen molar-refractivity contribution in [2.75, 3.05) is 0 Å². The highest BCUT2D eigenvalue weighted by Crippen LogP contribution is 2.35. The lowest BCUT2D eigenvalue weighted by molar-refractivity contribution is 0.470. The summed E-state index contributed by atoms with van der Waals surface area (Å²) in [6, 6.07) is 20.6. The van der Waals surface area contributed by atoms with Crippen molar-refractivity contribution in [2.45, 2.75) is 33.1 Å². The lowest BCUT2D eigenvalue weighted by atomic mass is 9.83. The van der Waals surface area contributed by atoms with Crippen LogP contribution in [0.15, 0.2) is 60.7 Å². The van der Waals surface area contributed by atoms with Gasteiger partial charge >= 0.3 is 0 Å². The van der Waals surface area contributed by atoms with Crippen molar-refractivity contribution < 1.29 is 10.2 Å². The summed E-state index contributed by atoms with van der Waals surface area (Å²) in [5, 5.41) is 9.37. The van der Waals surface area contributed by atoms with Gasteiger partial charge < -0.3 is 10.2 Å². The molecular formula is C23H24O2. The highest BCUT2D eigenvalue weighted by atomic mass is 16.3. The lowest BCUT2D eigenvalue weighted by Crippen LogP contribution is -2.04. The molecule has 0 bridgehead atoms. The van der Waals surface area contributed by atoms with Crippen LogP contribution in [0, 0.1) is 13.8 Å². The molecule has 0 spiro atoms. The van der Waals surface area contributed by atoms with E-state index in [0.29, 0.717) is 11.5 Å². The zero-order chi connectivity index (χ0) is 19.4. The Hall–Kier alpha value is -2.74. The smallest absolute Gasteiger partial charge is 0.293 e. The number of aromatic hydroxyl groups is 2. The summed E-state index contributed by atoms with van der Waals surface area (Å²) in [7, 11) is 0. The second-order valence-corrected chi connectivity index (χ2v) is 6.58. The van der Waals surface area contributed by atoms with Crippen molar-refractivity contribution in [3.63, 3.8) is 0 Å². The summed E-state index contributed by atoms with van der Waals surface area (Å²) in [6.45, 7) is 6.05. The first-order valence-corrected chi connectivity index (χ1v) is 8.63. The van der Waals surface area contributed by atoms with Crippen molar-refractivity contribution >= 4 is 0 Å². The minimum absolute atomic E-state index is 0.0490. The van der Waals surface area contributed by atoms with Gasteiger partial charge in [-0.3, -0.25) is 0 Å². The molecule has 0 fully saturated rings. The number of rotatable bonds is 6. The Bertz CT molecular complexity index is 867. The van der Waals surface area contributed by atoms with E-state index in [0.717, 1.165) is 28.7 Å². The Morgan fingerprint density at radius 3 is 1.64 bits per heavy atom. The molecule has 0 saturated carbocycles. The highest BCUT2D eigenvalue weighted by Gasteiger charge is 2.18. The molecule has 25 heavy (non-hydrogen) atoms. The normalized spacial score (nSPS) is 11.8. The van der Waals surface area contributed by atoms with Crippen LogP contribution in [-0.4, -0.2) is 13.1 Å². The quantitative estimate of drug-likeness (QED) is 0.588. The molecule has 2 N–H and O–H groups in total. The van der Waals surface area contributed by atoms with Crippen molar-refractivity contribution in [3.8, 4) is 11.5 Å². The molecule has 0 aromatic heterocycles. The van der Waals surface area contributed by atoms with Crippen molar-refractivity contribution in [1.29, 1.82) is 2.86 Å². The summed E-state index contributed by atoms with van der Waals surface area (Å²) in [6.07, 6.45) is 1.01. The predicted molar refractivity (Wildman–Crippen MR) is 102 cm³/mol. The molecule has 0 atom stereocenters. The number of benzene rings is 3. The Morgan fingerprint density at radius 2 is 1.24 bits per heavy atom. The Labute approximate surface area is 152 Å². The zero-order valence-corrected chi connectivity index (χ0v) is 14.9. The molecule has 3 rings (SSSR count). The Morgan fingerprint density at radius 1 is 0.760 bits per heavy atom. The minimum Gasteiger partial charge on any atom is -0.508 e. The lowest BCUT2D eigenvalue weighted by Gasteiger charge is -2.21. The van der Waals surface area contributed by atoms with Gasteiger partial charge in [0.2, 0.25) is 0 Å². The van der Waals surface area contributed by atoms with E-state index in [1.54, 1.807) is 0 Å². The maximum Gasteiger partial charge on any atom is 0.293 e. The van der Waals surface area contributed by atoms with Crippen molar-refractivity contribution in [3.05, 3.63) is 94.0 Å². The van der Waals surface area contributed by atoms with E-state index in [9.17, 15) is 0 Å². The third kappa shape index (κ3) is 3.53. The maximum absolute atomic E-state index is 7.18. The van der Waals surface area contributed by atoms with Crippen LogP contribution in [0.25, 0.3) is 0 Å². The number of phenolic OH excluding ortho intramolecular Hbond substituents is 2. The second-order valence-electron chi connectivity index (χ2n) is 6.58. The molecule has 0 heterocycles. The fourth-order valence-corrected chi connectivity index (χ4v) is 3.23. The minimum atomic E-state index is 0.0490. The molecule has 0 aliphatic heterocycles. The molecule has 0 aliphatic rings. The molecule has 2 nitrogen and oxygen atoms in total. The van der Waals surface area contributed by atoms with Crippen LogP contribution in [0.3, 0.4) is 0 Å². The van der Waals surface area contributed by atoms with E-state index in [4.69, 9.17) is 2.86 Å². The number of phenols is 2. The summed E-state index contributed by atoms with van der Waals surface area (Å²) < 4.78 is 14.4. The molecule has 2 heteroatoms. The van der Waals surface area contributed by atoms with Gasteiger partial charge in [0.1, 0.15) is 11.5 Å². The van der Waals surface area contributed by atoms with Gasteiger partial charge in [-0.25, -0.2) is 0 Å². The molecule has 3 aromatic rings. The molecule has 0 amide bonds. The standard InChI is InChI=1S/C23H24O2/c1-4-17-5-7-18(8-6-17)23(19-9-11-21(24)15(2)13-19)20-10-12-22(25)16(3)14-20/h5-14,23-25H,4H2,1-3H3/i/hD2. The average Bonchev–Trinajstić information content (AvgIpc) is 2.69. The van der Waals surface area contributed by atoms with Crippen LogP contribution >= 0.6 is 0 Å². The first-order valence-electron chi connectivity index (χ1n) is 9.45. The molecule has 0 unspecified atom stereocenters. The molecule has 0 radical (unpaired) electrons. The monoisotopic (exact) mass is 334 g/mol. The van der Waals surface area contributed by atoms with E-state index in [-0.39, 0.29) is 5.92 Å². The number of hydrogen-bond donors (Lipinski definition) is 2. The summed E-state index contributed by atoms with van der Waals surface area (Å²) in [5.41, 5.74) is 6.64. The van der Waals surface area contributed by atoms with E-state index in [1.807, 2.05) is 38.1 Å². The van der Waals surface area contributed by atoms with E-state index in [2.05, 4.69) is 53.5 Å². The highest BCUT2D eigenvalue weighted by molar-refractivity contribution is 5.49. The topological polar surface area (TPSA) is 40.5 Å². The van der Waals surface area contributed by atoms with E-state index in [1.165, 1.54) is 11.1 Å². The first-order chi connectivity index (χ1) is 13.1. The van der Waals surface area contributed by atoms with Gasteiger partial charge in [0.25, 0.3) is 2.86 Å². The van der Waals surface area contributed by atoms with Gasteiger partial charge in [-0.2, -0.15) is 0 Å². The van der Waals surface area contributed by atoms with Gasteiger partial charge in [-0.15, -0.1) is 0 Å². The predicted octanol–water partition coefficient (Wildman–Crippen LogP) is 5.46. The van der Waals surface area contributed by atoms with Crippen molar-refractivity contribution in [2.24, 2.45) is 0 Å². The van der Waals surface area contributed by atoms with Crippen molar-refractivity contribution in [1.82, 2.24) is 0 Å². The molecule has 0 aliphatic carbocycles. The van der Waals surface area contributed by atoms with Crippen LogP contribution in [0.1, 0.15) is 46.2 Å². The Kier molecular flexibility index (Phi) is 4.10. The molecule has 3 aromatic carbocycles. The molecular weight excluding hydrogens is 308 g/mol. The fraction of sp³-hybridized carbons (Fsp3) is 0.217. The van der Waals surface area contributed by atoms with E-state index < -0.39 is 0 Å². The van der Waals surface area contributed by atoms with Gasteiger partial charge in [-0.05, 0) is 65.8 Å². The van der Waals surface area contributed by atoms with Gasteiger partial charge in [0.15, 0.2) is 0 Å². The zero-order valence-electron chi connectivity index (χ0n) is 16.9. The van der Waals surface area contributed by atoms with Crippen LogP contribution in [0.2, 0.25) is 0 Å². The molecule has 128 valence electrons. The van der Waals surface area contributed by atoms with Crippen LogP contribution < -0.4 is 0 Å². The SMILES string of the molecule is [2H]Oc1ccc(C(c2ccc(CC)cc2)c2ccc(O[2H])c(C)c2)cc1C. The molecule has 0 saturated heterocycles. The summed E-state index contributed by atoms with van der Waals surface area (Å²) >= 11 is 0. The third-order valence-corrected chi connectivity index (χ3v) is 4.79. The average molecular weight is 334 g/mol. The van der Waals surface area contributed by atoms with Gasteiger partial charge in [-0.1, -0.05) is 55.5 Å². The van der Waals surface area contributed by atoms with Gasteiger partial charge in [0, 0.05) is 5.92 Å². The fourth-order valence-electron chi connectivity index (χ4n) is 3.23. The summed E-state index contributed by atoms with van der Waals surface area (Å²) in [5.74, 6) is 1.17. The van der Waals surface area contributed by atoms with Crippen LogP contribution in [0.5, 0.6) is 11.5 Å². The second kappa shape index (κ2) is 7.02. The first kappa shape index (κ1) is 14.6. The maximum atomic E-state index is 7.18. The Balaban J connectivity index is 2.13. The van der Waals surface area contributed by atoms with E-state index >= 15 is 0 Å². The number of aryl methyl sites for hydroxylation is 3.